The number of nitrogens with one attached hydrogen (secondary N) is 1. The van der Waals surface area contributed by atoms with Crippen molar-refractivity contribution in [3.05, 3.63) is 40.6 Å². The number of nitrogens with zero attached hydrogens (tertiary/aromatic N) is 3. The smallest absolute Gasteiger partial charge is 0.303 e. The van der Waals surface area contributed by atoms with Crippen molar-refractivity contribution in [2.24, 2.45) is 0 Å². The minimum Gasteiger partial charge on any atom is -0.481 e. The summed E-state index contributed by atoms with van der Waals surface area (Å²) >= 11 is 3.32. The molecule has 1 aromatic heterocycles. The molecule has 7 nitrogen and oxygen atoms in total. The van der Waals surface area contributed by atoms with Gasteiger partial charge in [-0.25, -0.2) is 4.68 Å². The second kappa shape index (κ2) is 6.98. The fourth-order valence-corrected chi connectivity index (χ4v) is 1.91. The van der Waals surface area contributed by atoms with E-state index in [1.165, 1.54) is 4.68 Å². The summed E-state index contributed by atoms with van der Waals surface area (Å²) in [5.74, 6) is -1.12. The molecule has 0 aliphatic carbocycles. The predicted octanol–water partition coefficient (Wildman–Crippen LogP) is 1.70. The zero-order valence-corrected chi connectivity index (χ0v) is 12.6. The summed E-state index contributed by atoms with van der Waals surface area (Å²) < 4.78 is 2.31. The van der Waals surface area contributed by atoms with Gasteiger partial charge in [0.1, 0.15) is 6.54 Å². The zero-order chi connectivity index (χ0) is 15.2. The van der Waals surface area contributed by atoms with Gasteiger partial charge in [-0.3, -0.25) is 9.59 Å². The Morgan fingerprint density at radius 1 is 1.29 bits per heavy atom. The highest BCUT2D eigenvalue weighted by Crippen LogP contribution is 2.14. The van der Waals surface area contributed by atoms with Gasteiger partial charge < -0.3 is 10.4 Å². The Hall–Kier alpha value is -2.22. The lowest BCUT2D eigenvalue weighted by atomic mass is 10.2. The minimum absolute atomic E-state index is 0.0101. The number of anilines is 1. The lowest BCUT2D eigenvalue weighted by Gasteiger charge is -2.04. The number of halogens is 1. The lowest BCUT2D eigenvalue weighted by Crippen LogP contribution is -2.19. The van der Waals surface area contributed by atoms with Crippen molar-refractivity contribution in [2.45, 2.75) is 19.4 Å². The van der Waals surface area contributed by atoms with Crippen LogP contribution < -0.4 is 5.32 Å². The quantitative estimate of drug-likeness (QED) is 0.824. The van der Waals surface area contributed by atoms with Crippen LogP contribution in [0.2, 0.25) is 0 Å². The van der Waals surface area contributed by atoms with Crippen LogP contribution in [0.15, 0.2) is 34.9 Å². The fourth-order valence-electron chi connectivity index (χ4n) is 1.65. The topological polar surface area (TPSA) is 97.1 Å². The molecule has 21 heavy (non-hydrogen) atoms. The normalized spacial score (nSPS) is 10.3. The van der Waals surface area contributed by atoms with Crippen LogP contribution in [-0.2, 0) is 22.6 Å². The number of benzene rings is 1. The van der Waals surface area contributed by atoms with Crippen LogP contribution in [0, 0.1) is 0 Å². The number of carboxylic acids is 1. The number of carbonyl (C=O) groups excluding carboxylic acids is 1. The first-order valence-electron chi connectivity index (χ1n) is 6.19. The second-order valence-corrected chi connectivity index (χ2v) is 5.27. The summed E-state index contributed by atoms with van der Waals surface area (Å²) in [6, 6.07) is 7.22. The van der Waals surface area contributed by atoms with Gasteiger partial charge in [-0.1, -0.05) is 21.1 Å². The molecule has 0 fully saturated rings. The van der Waals surface area contributed by atoms with Crippen LogP contribution in [0.5, 0.6) is 0 Å². The summed E-state index contributed by atoms with van der Waals surface area (Å²) in [6.07, 6.45) is 1.86. The largest absolute Gasteiger partial charge is 0.481 e. The molecule has 0 aliphatic rings. The van der Waals surface area contributed by atoms with Crippen LogP contribution in [0.25, 0.3) is 0 Å². The number of aromatic nitrogens is 3. The maximum Gasteiger partial charge on any atom is 0.303 e. The van der Waals surface area contributed by atoms with E-state index in [9.17, 15) is 9.59 Å². The molecule has 0 aliphatic heterocycles. The summed E-state index contributed by atoms with van der Waals surface area (Å²) in [5, 5.41) is 18.9. The van der Waals surface area contributed by atoms with Crippen molar-refractivity contribution in [1.29, 1.82) is 0 Å². The van der Waals surface area contributed by atoms with E-state index >= 15 is 0 Å². The third-order valence-corrected chi connectivity index (χ3v) is 3.14. The van der Waals surface area contributed by atoms with E-state index < -0.39 is 5.97 Å². The van der Waals surface area contributed by atoms with Crippen molar-refractivity contribution in [3.63, 3.8) is 0 Å². The first kappa shape index (κ1) is 15.2. The number of carbonyl (C=O) groups is 2. The molecule has 2 aromatic rings. The molecule has 1 heterocycles. The number of hydrogen-bond acceptors (Lipinski definition) is 4. The van der Waals surface area contributed by atoms with Gasteiger partial charge in [0.15, 0.2) is 0 Å². The van der Waals surface area contributed by atoms with Gasteiger partial charge in [-0.15, -0.1) is 5.10 Å². The van der Waals surface area contributed by atoms with Gasteiger partial charge in [0.25, 0.3) is 0 Å². The Kier molecular flexibility index (Phi) is 5.04. The maximum atomic E-state index is 11.8. The van der Waals surface area contributed by atoms with Gasteiger partial charge in [0.05, 0.1) is 12.1 Å². The molecule has 0 spiro atoms. The van der Waals surface area contributed by atoms with Gasteiger partial charge in [-0.05, 0) is 24.3 Å². The fraction of sp³-hybridized carbons (Fsp3) is 0.231. The molecule has 1 aromatic carbocycles. The summed E-state index contributed by atoms with van der Waals surface area (Å²) in [4.78, 5) is 22.3. The van der Waals surface area contributed by atoms with Crippen LogP contribution in [0.3, 0.4) is 0 Å². The molecule has 0 saturated carbocycles. The molecular weight excluding hydrogens is 340 g/mol. The summed E-state index contributed by atoms with van der Waals surface area (Å²) in [5.41, 5.74) is 1.24. The number of amides is 1. The Labute approximate surface area is 129 Å². The van der Waals surface area contributed by atoms with E-state index in [0.717, 1.165) is 4.47 Å². The second-order valence-electron chi connectivity index (χ2n) is 4.36. The first-order chi connectivity index (χ1) is 10.0. The minimum atomic E-state index is -0.891. The Morgan fingerprint density at radius 3 is 2.67 bits per heavy atom. The van der Waals surface area contributed by atoms with E-state index in [0.29, 0.717) is 17.8 Å². The van der Waals surface area contributed by atoms with Crippen molar-refractivity contribution < 1.29 is 14.7 Å². The first-order valence-corrected chi connectivity index (χ1v) is 6.98. The third-order valence-electron chi connectivity index (χ3n) is 2.61. The average Bonchev–Trinajstić information content (AvgIpc) is 2.86. The molecule has 8 heteroatoms. The number of aryl methyl sites for hydroxylation is 1. The zero-order valence-electron chi connectivity index (χ0n) is 11.0. The van der Waals surface area contributed by atoms with Crippen LogP contribution in [0.1, 0.15) is 12.1 Å². The maximum absolute atomic E-state index is 11.8. The SMILES string of the molecule is O=C(O)CCc1cn(CC(=O)Nc2ccc(Br)cc2)nn1. The van der Waals surface area contributed by atoms with Gasteiger partial charge in [0.2, 0.25) is 5.91 Å². The number of carboxylic acid groups (broad SMARTS) is 1. The molecule has 0 radical (unpaired) electrons. The molecule has 0 atom stereocenters. The van der Waals surface area contributed by atoms with Crippen LogP contribution in [0.4, 0.5) is 5.69 Å². The highest BCUT2D eigenvalue weighted by molar-refractivity contribution is 9.10. The van der Waals surface area contributed by atoms with Crippen molar-refractivity contribution in [1.82, 2.24) is 15.0 Å². The van der Waals surface area contributed by atoms with Gasteiger partial charge >= 0.3 is 5.97 Å². The highest BCUT2D eigenvalue weighted by atomic mass is 79.9. The van der Waals surface area contributed by atoms with Crippen LogP contribution in [-0.4, -0.2) is 32.0 Å². The molecule has 2 rings (SSSR count). The predicted molar refractivity (Wildman–Crippen MR) is 78.8 cm³/mol. The molecule has 110 valence electrons. The average molecular weight is 353 g/mol. The van der Waals surface area contributed by atoms with Crippen molar-refractivity contribution >= 4 is 33.5 Å². The van der Waals surface area contributed by atoms with E-state index in [2.05, 4.69) is 31.6 Å². The van der Waals surface area contributed by atoms with Gasteiger partial charge in [0, 0.05) is 22.8 Å². The molecule has 0 bridgehead atoms. The highest BCUT2D eigenvalue weighted by Gasteiger charge is 2.08. The van der Waals surface area contributed by atoms with Crippen molar-refractivity contribution in [3.8, 4) is 0 Å². The number of hydrogen-bond donors (Lipinski definition) is 2. The van der Waals surface area contributed by atoms with Crippen LogP contribution >= 0.6 is 15.9 Å². The molecule has 0 unspecified atom stereocenters. The van der Waals surface area contributed by atoms with E-state index in [1.54, 1.807) is 18.3 Å². The lowest BCUT2D eigenvalue weighted by molar-refractivity contribution is -0.137. The molecule has 0 saturated heterocycles. The van der Waals surface area contributed by atoms with E-state index in [4.69, 9.17) is 5.11 Å². The number of rotatable bonds is 6. The van der Waals surface area contributed by atoms with E-state index in [1.807, 2.05) is 12.1 Å². The summed E-state index contributed by atoms with van der Waals surface area (Å²) in [7, 11) is 0. The Morgan fingerprint density at radius 2 is 2.00 bits per heavy atom. The Balaban J connectivity index is 1.87. The third kappa shape index (κ3) is 4.99. The number of aliphatic carboxylic acids is 1. The van der Waals surface area contributed by atoms with Gasteiger partial charge in [-0.2, -0.15) is 0 Å². The monoisotopic (exact) mass is 352 g/mol. The standard InChI is InChI=1S/C13H13BrN4O3/c14-9-1-3-10(4-2-9)15-12(19)8-18-7-11(16-17-18)5-6-13(20)21/h1-4,7H,5-6,8H2,(H,15,19)(H,20,21). The van der Waals surface area contributed by atoms with Crippen molar-refractivity contribution in [2.75, 3.05) is 5.32 Å². The summed E-state index contributed by atoms with van der Waals surface area (Å²) in [6.45, 7) is 0.0239. The molecule has 2 N–H and O–H groups in total. The molecular formula is C13H13BrN4O3. The Bertz CT molecular complexity index is 639. The molecule has 1 amide bonds. The van der Waals surface area contributed by atoms with E-state index in [-0.39, 0.29) is 18.9 Å².